The summed E-state index contributed by atoms with van der Waals surface area (Å²) in [5.74, 6) is 1.13. The van der Waals surface area contributed by atoms with Gasteiger partial charge < -0.3 is 14.6 Å². The van der Waals surface area contributed by atoms with Crippen molar-refractivity contribution in [2.24, 2.45) is 5.92 Å². The Balaban J connectivity index is 1.89. The molecule has 0 radical (unpaired) electrons. The maximum absolute atomic E-state index is 12.3. The fraction of sp³-hybridized carbons (Fsp3) is 0.765. The van der Waals surface area contributed by atoms with E-state index in [2.05, 4.69) is 28.7 Å². The number of carbonyl (C=O) groups excluding carboxylic acids is 1. The third kappa shape index (κ3) is 4.98. The molecule has 1 heterocycles. The molecular formula is C17H29N3O2S. The highest BCUT2D eigenvalue weighted by atomic mass is 32.2. The van der Waals surface area contributed by atoms with Crippen molar-refractivity contribution in [2.45, 2.75) is 64.2 Å². The molecule has 1 saturated carbocycles. The first-order valence-corrected chi connectivity index (χ1v) is 9.46. The summed E-state index contributed by atoms with van der Waals surface area (Å²) in [7, 11) is 1.70. The lowest BCUT2D eigenvalue weighted by atomic mass is 9.86. The van der Waals surface area contributed by atoms with E-state index >= 15 is 0 Å². The fourth-order valence-electron chi connectivity index (χ4n) is 3.09. The van der Waals surface area contributed by atoms with Gasteiger partial charge in [0.2, 0.25) is 5.91 Å². The second-order valence-electron chi connectivity index (χ2n) is 6.43. The number of carbonyl (C=O) groups is 1. The number of thioether (sulfide) groups is 1. The van der Waals surface area contributed by atoms with E-state index in [1.54, 1.807) is 7.11 Å². The normalized spacial score (nSPS) is 21.4. The Labute approximate surface area is 143 Å². The Morgan fingerprint density at radius 3 is 2.83 bits per heavy atom. The summed E-state index contributed by atoms with van der Waals surface area (Å²) in [6, 6.07) is 0.341. The van der Waals surface area contributed by atoms with E-state index in [-0.39, 0.29) is 5.91 Å². The summed E-state index contributed by atoms with van der Waals surface area (Å²) < 4.78 is 7.30. The second kappa shape index (κ2) is 8.73. The Morgan fingerprint density at radius 2 is 2.13 bits per heavy atom. The van der Waals surface area contributed by atoms with Crippen molar-refractivity contribution in [3.8, 4) is 0 Å². The molecule has 6 heteroatoms. The molecule has 1 amide bonds. The molecule has 0 bridgehead atoms. The molecule has 130 valence electrons. The number of amides is 1. The van der Waals surface area contributed by atoms with Gasteiger partial charge in [0, 0.05) is 25.4 Å². The molecule has 5 nitrogen and oxygen atoms in total. The van der Waals surface area contributed by atoms with Crippen LogP contribution in [0.15, 0.2) is 5.16 Å². The molecular weight excluding hydrogens is 310 g/mol. The first kappa shape index (κ1) is 18.3. The Kier molecular flexibility index (Phi) is 6.96. The van der Waals surface area contributed by atoms with E-state index in [4.69, 9.17) is 4.74 Å². The molecule has 0 unspecified atom stereocenters. The smallest absolute Gasteiger partial charge is 0.230 e. The van der Waals surface area contributed by atoms with Crippen molar-refractivity contribution in [2.75, 3.05) is 19.5 Å². The zero-order valence-corrected chi connectivity index (χ0v) is 15.5. The Morgan fingerprint density at radius 1 is 1.39 bits per heavy atom. The van der Waals surface area contributed by atoms with Crippen LogP contribution in [-0.2, 0) is 16.1 Å². The maximum Gasteiger partial charge on any atom is 0.230 e. The highest BCUT2D eigenvalue weighted by molar-refractivity contribution is 7.99. The molecule has 1 aliphatic rings. The molecule has 2 atom stereocenters. The van der Waals surface area contributed by atoms with E-state index in [1.165, 1.54) is 31.0 Å². The Bertz CT molecular complexity index is 530. The van der Waals surface area contributed by atoms with Gasteiger partial charge in [0.15, 0.2) is 5.16 Å². The molecule has 0 aromatic carbocycles. The minimum absolute atomic E-state index is 0.116. The number of rotatable bonds is 7. The number of methoxy groups -OCH3 is 1. The topological polar surface area (TPSA) is 56.1 Å². The van der Waals surface area contributed by atoms with Crippen LogP contribution in [0.1, 0.15) is 44.0 Å². The summed E-state index contributed by atoms with van der Waals surface area (Å²) in [6.07, 6.45) is 4.84. The SMILES string of the molecule is COCCn1c(SCC(=O)N[C@H]2CCCC[C@H]2C)nc(C)c1C. The van der Waals surface area contributed by atoms with Crippen molar-refractivity contribution in [1.29, 1.82) is 0 Å². The molecule has 1 aromatic heterocycles. The quantitative estimate of drug-likeness (QED) is 0.776. The fourth-order valence-corrected chi connectivity index (χ4v) is 4.02. The van der Waals surface area contributed by atoms with Crippen LogP contribution in [0.4, 0.5) is 0 Å². The number of nitrogens with one attached hydrogen (secondary N) is 1. The standard InChI is InChI=1S/C17H29N3O2S/c1-12-7-5-6-8-15(12)19-16(21)11-23-17-18-13(2)14(3)20(17)9-10-22-4/h12,15H,5-11H2,1-4H3,(H,19,21)/t12-,15+/m1/s1. The van der Waals surface area contributed by atoms with E-state index < -0.39 is 0 Å². The first-order chi connectivity index (χ1) is 11.0. The summed E-state index contributed by atoms with van der Waals surface area (Å²) in [4.78, 5) is 16.8. The average Bonchev–Trinajstić information content (AvgIpc) is 2.80. The van der Waals surface area contributed by atoms with Crippen LogP contribution in [0.2, 0.25) is 0 Å². The molecule has 0 spiro atoms. The van der Waals surface area contributed by atoms with Crippen molar-refractivity contribution in [3.05, 3.63) is 11.4 Å². The number of aryl methyl sites for hydroxylation is 1. The number of hydrogen-bond acceptors (Lipinski definition) is 4. The minimum Gasteiger partial charge on any atom is -0.383 e. The van der Waals surface area contributed by atoms with Gasteiger partial charge in [-0.15, -0.1) is 0 Å². The lowest BCUT2D eigenvalue weighted by Crippen LogP contribution is -2.41. The van der Waals surface area contributed by atoms with Crippen molar-refractivity contribution in [1.82, 2.24) is 14.9 Å². The van der Waals surface area contributed by atoms with Crippen LogP contribution in [0.5, 0.6) is 0 Å². The van der Waals surface area contributed by atoms with Crippen LogP contribution in [-0.4, -0.2) is 41.0 Å². The number of nitrogens with zero attached hydrogens (tertiary/aromatic N) is 2. The summed E-state index contributed by atoms with van der Waals surface area (Å²) in [5, 5.41) is 4.11. The first-order valence-electron chi connectivity index (χ1n) is 8.47. The van der Waals surface area contributed by atoms with Gasteiger partial charge in [-0.25, -0.2) is 4.98 Å². The second-order valence-corrected chi connectivity index (χ2v) is 7.38. The highest BCUT2D eigenvalue weighted by Gasteiger charge is 2.23. The molecule has 23 heavy (non-hydrogen) atoms. The minimum atomic E-state index is 0.116. The average molecular weight is 340 g/mol. The number of hydrogen-bond donors (Lipinski definition) is 1. The van der Waals surface area contributed by atoms with E-state index in [0.717, 1.165) is 29.5 Å². The molecule has 1 aliphatic carbocycles. The van der Waals surface area contributed by atoms with Gasteiger partial charge >= 0.3 is 0 Å². The molecule has 2 rings (SSSR count). The molecule has 1 aromatic rings. The number of aromatic nitrogens is 2. The van der Waals surface area contributed by atoms with Crippen LogP contribution >= 0.6 is 11.8 Å². The molecule has 0 aliphatic heterocycles. The molecule has 1 N–H and O–H groups in total. The third-order valence-corrected chi connectivity index (χ3v) is 5.71. The highest BCUT2D eigenvalue weighted by Crippen LogP contribution is 2.24. The van der Waals surface area contributed by atoms with Crippen LogP contribution in [0.3, 0.4) is 0 Å². The van der Waals surface area contributed by atoms with Gasteiger partial charge in [-0.3, -0.25) is 4.79 Å². The lowest BCUT2D eigenvalue weighted by molar-refractivity contribution is -0.119. The van der Waals surface area contributed by atoms with E-state index in [9.17, 15) is 4.79 Å². The van der Waals surface area contributed by atoms with Gasteiger partial charge in [0.1, 0.15) is 0 Å². The van der Waals surface area contributed by atoms with Crippen LogP contribution < -0.4 is 5.32 Å². The molecule has 1 fully saturated rings. The van der Waals surface area contributed by atoms with Crippen molar-refractivity contribution >= 4 is 17.7 Å². The van der Waals surface area contributed by atoms with Crippen molar-refractivity contribution in [3.63, 3.8) is 0 Å². The predicted octanol–water partition coefficient (Wildman–Crippen LogP) is 2.93. The monoisotopic (exact) mass is 339 g/mol. The molecule has 0 saturated heterocycles. The van der Waals surface area contributed by atoms with Gasteiger partial charge in [-0.2, -0.15) is 0 Å². The van der Waals surface area contributed by atoms with E-state index in [0.29, 0.717) is 24.3 Å². The number of imidazole rings is 1. The van der Waals surface area contributed by atoms with Gasteiger partial charge in [0.05, 0.1) is 18.1 Å². The largest absolute Gasteiger partial charge is 0.383 e. The third-order valence-electron chi connectivity index (χ3n) is 4.73. The zero-order valence-electron chi connectivity index (χ0n) is 14.7. The maximum atomic E-state index is 12.3. The van der Waals surface area contributed by atoms with Gasteiger partial charge in [-0.1, -0.05) is 31.5 Å². The predicted molar refractivity (Wildman–Crippen MR) is 93.9 cm³/mol. The van der Waals surface area contributed by atoms with Crippen LogP contribution in [0.25, 0.3) is 0 Å². The van der Waals surface area contributed by atoms with Crippen molar-refractivity contribution < 1.29 is 9.53 Å². The van der Waals surface area contributed by atoms with E-state index in [1.807, 2.05) is 6.92 Å². The number of ether oxygens (including phenoxy) is 1. The zero-order chi connectivity index (χ0) is 16.8. The van der Waals surface area contributed by atoms with Crippen LogP contribution in [0, 0.1) is 19.8 Å². The lowest BCUT2D eigenvalue weighted by Gasteiger charge is -2.29. The summed E-state index contributed by atoms with van der Waals surface area (Å²) >= 11 is 1.51. The van der Waals surface area contributed by atoms with Gasteiger partial charge in [0.25, 0.3) is 0 Å². The summed E-state index contributed by atoms with van der Waals surface area (Å²) in [5.41, 5.74) is 2.16. The summed E-state index contributed by atoms with van der Waals surface area (Å²) in [6.45, 7) is 7.72. The van der Waals surface area contributed by atoms with Gasteiger partial charge in [-0.05, 0) is 32.6 Å². The Hall–Kier alpha value is -1.01.